The van der Waals surface area contributed by atoms with Gasteiger partial charge in [-0.1, -0.05) is 87.4 Å². The van der Waals surface area contributed by atoms with Crippen LogP contribution in [0.5, 0.6) is 0 Å². The van der Waals surface area contributed by atoms with E-state index in [4.69, 9.17) is 9.47 Å². The first-order chi connectivity index (χ1) is 20.4. The molecule has 2 heterocycles. The molecule has 220 valence electrons. The Kier molecular flexibility index (Phi) is 10.1. The van der Waals surface area contributed by atoms with Crippen molar-refractivity contribution in [1.82, 2.24) is 9.80 Å². The molecule has 0 fully saturated rings. The number of carbonyl (C=O) groups is 4. The number of nitrogens with zero attached hydrogens (tertiary/aromatic N) is 2. The van der Waals surface area contributed by atoms with Gasteiger partial charge in [-0.15, -0.1) is 0 Å². The van der Waals surface area contributed by atoms with Crippen molar-refractivity contribution < 1.29 is 28.7 Å². The Morgan fingerprint density at radius 2 is 0.952 bits per heavy atom. The molecule has 0 saturated carbocycles. The molecule has 0 unspecified atom stereocenters. The Hall–Kier alpha value is -4.46. The number of hydrogen-bond donors (Lipinski definition) is 0. The van der Waals surface area contributed by atoms with Crippen molar-refractivity contribution in [3.8, 4) is 0 Å². The molecule has 2 aromatic carbocycles. The van der Waals surface area contributed by atoms with Gasteiger partial charge >= 0.3 is 11.9 Å². The molecule has 0 spiro atoms. The zero-order valence-corrected chi connectivity index (χ0v) is 24.8. The van der Waals surface area contributed by atoms with Crippen LogP contribution in [0.2, 0.25) is 0 Å². The first kappa shape index (κ1) is 30.5. The molecule has 8 heteroatoms. The lowest BCUT2D eigenvalue weighted by atomic mass is 9.93. The molecular formula is C34H38N2O6. The monoisotopic (exact) mass is 570 g/mol. The van der Waals surface area contributed by atoms with E-state index >= 15 is 0 Å². The molecule has 0 saturated heterocycles. The Morgan fingerprint density at radius 3 is 1.26 bits per heavy atom. The molecule has 0 atom stereocenters. The lowest BCUT2D eigenvalue weighted by Gasteiger charge is -2.21. The molecule has 4 rings (SSSR count). The predicted octanol–water partition coefficient (Wildman–Crippen LogP) is 5.52. The fourth-order valence-corrected chi connectivity index (χ4v) is 5.31. The van der Waals surface area contributed by atoms with Crippen LogP contribution in [-0.4, -0.2) is 59.9 Å². The normalized spacial score (nSPS) is 17.0. The molecule has 2 aliphatic rings. The van der Waals surface area contributed by atoms with E-state index in [9.17, 15) is 19.2 Å². The summed E-state index contributed by atoms with van der Waals surface area (Å²) in [6.07, 6.45) is 2.96. The fraction of sp³-hybridized carbons (Fsp3) is 0.353. The van der Waals surface area contributed by atoms with E-state index in [2.05, 4.69) is 0 Å². The van der Waals surface area contributed by atoms with Gasteiger partial charge in [0.25, 0.3) is 11.8 Å². The molecule has 0 aliphatic carbocycles. The first-order valence-electron chi connectivity index (χ1n) is 14.7. The summed E-state index contributed by atoms with van der Waals surface area (Å²) in [6.45, 7) is 8.20. The van der Waals surface area contributed by atoms with Crippen molar-refractivity contribution in [2.45, 2.75) is 53.4 Å². The second kappa shape index (κ2) is 13.9. The minimum Gasteiger partial charge on any atom is -0.462 e. The molecule has 0 aromatic heterocycles. The molecule has 8 nitrogen and oxygen atoms in total. The first-order valence-corrected chi connectivity index (χ1v) is 14.7. The summed E-state index contributed by atoms with van der Waals surface area (Å²) in [5.41, 5.74) is 1.75. The van der Waals surface area contributed by atoms with Crippen LogP contribution in [0.1, 0.15) is 64.5 Å². The van der Waals surface area contributed by atoms with Gasteiger partial charge in [-0.2, -0.15) is 0 Å². The average molecular weight is 571 g/mol. The van der Waals surface area contributed by atoms with E-state index in [0.717, 1.165) is 12.8 Å². The van der Waals surface area contributed by atoms with Gasteiger partial charge in [0.15, 0.2) is 0 Å². The van der Waals surface area contributed by atoms with E-state index in [0.29, 0.717) is 48.5 Å². The van der Waals surface area contributed by atoms with Crippen LogP contribution in [0.3, 0.4) is 0 Å². The van der Waals surface area contributed by atoms with Gasteiger partial charge in [0.05, 0.1) is 46.9 Å². The smallest absolute Gasteiger partial charge is 0.341 e. The molecule has 2 amide bonds. The van der Waals surface area contributed by atoms with Crippen LogP contribution < -0.4 is 0 Å². The summed E-state index contributed by atoms with van der Waals surface area (Å²) in [6, 6.07) is 18.2. The van der Waals surface area contributed by atoms with Crippen molar-refractivity contribution in [1.29, 1.82) is 0 Å². The summed E-state index contributed by atoms with van der Waals surface area (Å²) in [7, 11) is 0. The number of hydrogen-bond acceptors (Lipinski definition) is 6. The fourth-order valence-electron chi connectivity index (χ4n) is 5.31. The van der Waals surface area contributed by atoms with Gasteiger partial charge in [0, 0.05) is 13.1 Å². The van der Waals surface area contributed by atoms with Crippen LogP contribution in [0, 0.1) is 0 Å². The average Bonchev–Trinajstić information content (AvgIpc) is 3.45. The Bertz CT molecular complexity index is 1330. The minimum absolute atomic E-state index is 0.0148. The molecular weight excluding hydrogens is 532 g/mol. The zero-order chi connectivity index (χ0) is 30.2. The third kappa shape index (κ3) is 5.79. The van der Waals surface area contributed by atoms with Crippen LogP contribution in [-0.2, 0) is 28.7 Å². The van der Waals surface area contributed by atoms with Gasteiger partial charge in [-0.25, -0.2) is 9.59 Å². The van der Waals surface area contributed by atoms with Gasteiger partial charge in [0.1, 0.15) is 0 Å². The SMILES string of the molecule is CCCCN1C(=O)/C(=C2/C(=O)N(CCCC)C(c3ccccc3)=C2C(=O)OCC)C(C(=O)OCC)=C1c1ccccc1. The van der Waals surface area contributed by atoms with E-state index in [1.54, 1.807) is 23.6 Å². The number of ether oxygens (including phenoxy) is 2. The number of unbranched alkanes of at least 4 members (excludes halogenated alkanes) is 2. The number of carbonyl (C=O) groups excluding carboxylic acids is 4. The Labute approximate surface area is 247 Å². The van der Waals surface area contributed by atoms with Crippen LogP contribution >= 0.6 is 0 Å². The van der Waals surface area contributed by atoms with Crippen molar-refractivity contribution in [3.05, 3.63) is 94.1 Å². The summed E-state index contributed by atoms with van der Waals surface area (Å²) in [4.78, 5) is 59.4. The second-order valence-electron chi connectivity index (χ2n) is 9.99. The van der Waals surface area contributed by atoms with Gasteiger partial charge in [-0.05, 0) is 37.8 Å². The third-order valence-corrected chi connectivity index (χ3v) is 7.21. The number of amides is 2. The maximum absolute atomic E-state index is 14.4. The predicted molar refractivity (Wildman–Crippen MR) is 160 cm³/mol. The molecule has 0 bridgehead atoms. The maximum Gasteiger partial charge on any atom is 0.341 e. The van der Waals surface area contributed by atoms with Crippen molar-refractivity contribution in [3.63, 3.8) is 0 Å². The van der Waals surface area contributed by atoms with Gasteiger partial charge in [0.2, 0.25) is 0 Å². The Balaban J connectivity index is 2.13. The van der Waals surface area contributed by atoms with Crippen molar-refractivity contribution >= 4 is 35.1 Å². The zero-order valence-electron chi connectivity index (χ0n) is 24.8. The summed E-state index contributed by atoms with van der Waals surface area (Å²) < 4.78 is 11.0. The minimum atomic E-state index is -0.726. The molecule has 0 radical (unpaired) electrons. The highest BCUT2D eigenvalue weighted by molar-refractivity contribution is 6.30. The van der Waals surface area contributed by atoms with Gasteiger partial charge in [-0.3, -0.25) is 9.59 Å². The number of esters is 2. The van der Waals surface area contributed by atoms with Gasteiger partial charge < -0.3 is 19.3 Å². The van der Waals surface area contributed by atoms with Crippen molar-refractivity contribution in [2.75, 3.05) is 26.3 Å². The number of rotatable bonds is 12. The molecule has 42 heavy (non-hydrogen) atoms. The third-order valence-electron chi connectivity index (χ3n) is 7.21. The van der Waals surface area contributed by atoms with Crippen LogP contribution in [0.4, 0.5) is 0 Å². The topological polar surface area (TPSA) is 93.2 Å². The summed E-state index contributed by atoms with van der Waals surface area (Å²) in [5, 5.41) is 0. The van der Waals surface area contributed by atoms with E-state index in [1.807, 2.05) is 74.5 Å². The van der Waals surface area contributed by atoms with Crippen LogP contribution in [0.25, 0.3) is 11.4 Å². The maximum atomic E-state index is 14.4. The lowest BCUT2D eigenvalue weighted by Crippen LogP contribution is -2.30. The van der Waals surface area contributed by atoms with E-state index in [1.165, 1.54) is 0 Å². The lowest BCUT2D eigenvalue weighted by molar-refractivity contribution is -0.139. The molecule has 2 aromatic rings. The molecule has 0 N–H and O–H groups in total. The highest BCUT2D eigenvalue weighted by Gasteiger charge is 2.49. The Morgan fingerprint density at radius 1 is 0.595 bits per heavy atom. The standard InChI is InChI=1S/C34H38N2O6/c1-5-9-21-35-29(23-17-13-11-14-18-23)27(33(39)41-7-3)25(31(35)37)26-28(34(40)42-8-4)30(24-19-15-12-16-20-24)36(32(26)38)22-10-6-2/h11-20H,5-10,21-22H2,1-4H3/b26-25+. The molecule has 2 aliphatic heterocycles. The summed E-state index contributed by atoms with van der Waals surface area (Å²) in [5.74, 6) is -2.48. The highest BCUT2D eigenvalue weighted by Crippen LogP contribution is 2.45. The quantitative estimate of drug-likeness (QED) is 0.247. The number of benzene rings is 2. The van der Waals surface area contributed by atoms with E-state index in [-0.39, 0.29) is 35.5 Å². The van der Waals surface area contributed by atoms with Crippen molar-refractivity contribution in [2.24, 2.45) is 0 Å². The second-order valence-corrected chi connectivity index (χ2v) is 9.99. The summed E-state index contributed by atoms with van der Waals surface area (Å²) >= 11 is 0. The van der Waals surface area contributed by atoms with E-state index < -0.39 is 23.8 Å². The van der Waals surface area contributed by atoms with Crippen LogP contribution in [0.15, 0.2) is 83.0 Å². The highest BCUT2D eigenvalue weighted by atomic mass is 16.5. The largest absolute Gasteiger partial charge is 0.462 e.